The Hall–Kier alpha value is -1.26. The molecule has 0 aliphatic rings. The van der Waals surface area contributed by atoms with Gasteiger partial charge in [0.15, 0.2) is 0 Å². The van der Waals surface area contributed by atoms with Crippen LogP contribution in [0.5, 0.6) is 0 Å². The summed E-state index contributed by atoms with van der Waals surface area (Å²) in [5.74, 6) is 0. The third-order valence-electron chi connectivity index (χ3n) is 3.33. The lowest BCUT2D eigenvalue weighted by Crippen LogP contribution is -2.24. The van der Waals surface area contributed by atoms with Crippen molar-refractivity contribution in [3.05, 3.63) is 33.4 Å². The lowest BCUT2D eigenvalue weighted by molar-refractivity contribution is 0.249. The summed E-state index contributed by atoms with van der Waals surface area (Å²) in [6.45, 7) is 7.86. The molecule has 0 aromatic heterocycles. The fourth-order valence-corrected chi connectivity index (χ4v) is 2.71. The molecule has 0 bridgehead atoms. The minimum Gasteiger partial charge on any atom is -0.350 e. The average molecular weight is 302 g/mol. The van der Waals surface area contributed by atoms with E-state index in [4.69, 9.17) is 28.9 Å². The second kappa shape index (κ2) is 6.26. The fraction of sp³-hybridized carbons (Fsp3) is 0.385. The van der Waals surface area contributed by atoms with Crippen molar-refractivity contribution in [1.29, 1.82) is 0 Å². The first kappa shape index (κ1) is 15.8. The molecule has 1 aromatic carbocycles. The molecule has 0 saturated heterocycles. The van der Waals surface area contributed by atoms with Crippen molar-refractivity contribution in [2.24, 2.45) is 10.8 Å². The first-order valence-corrected chi connectivity index (χ1v) is 6.61. The van der Waals surface area contributed by atoms with Crippen molar-refractivity contribution in [3.63, 3.8) is 0 Å². The third kappa shape index (κ3) is 3.39. The molecule has 0 unspecified atom stereocenters. The summed E-state index contributed by atoms with van der Waals surface area (Å²) in [4.78, 5) is 10.0. The molecule has 0 atom stereocenters. The number of urea groups is 1. The van der Waals surface area contributed by atoms with Gasteiger partial charge in [-0.25, -0.2) is 10.2 Å². The number of hydrogen-bond acceptors (Lipinski definition) is 2. The molecule has 3 N–H and O–H groups in total. The molecule has 0 saturated carbocycles. The summed E-state index contributed by atoms with van der Waals surface area (Å²) in [5, 5.41) is 3.80. The third-order valence-corrected chi connectivity index (χ3v) is 3.76. The van der Waals surface area contributed by atoms with Gasteiger partial charge in [0, 0.05) is 5.56 Å². The lowest BCUT2D eigenvalue weighted by atomic mass is 9.90. The fourth-order valence-electron chi connectivity index (χ4n) is 2.05. The monoisotopic (exact) mass is 301 g/mol. The summed E-state index contributed by atoms with van der Waals surface area (Å²) in [5.41, 5.74) is 13.1. The molecule has 0 spiro atoms. The molecule has 104 valence electrons. The number of alkyl halides is 2. The van der Waals surface area contributed by atoms with Gasteiger partial charge in [0.05, 0.1) is 6.21 Å². The molecule has 0 heterocycles. The highest BCUT2D eigenvalue weighted by atomic mass is 35.5. The van der Waals surface area contributed by atoms with E-state index >= 15 is 0 Å². The van der Waals surface area contributed by atoms with E-state index in [-0.39, 0.29) is 0 Å². The zero-order valence-corrected chi connectivity index (χ0v) is 12.9. The minimum absolute atomic E-state index is 0.563. The van der Waals surface area contributed by atoms with Crippen LogP contribution in [0.2, 0.25) is 0 Å². The van der Waals surface area contributed by atoms with Crippen LogP contribution in [0.25, 0.3) is 0 Å². The highest BCUT2D eigenvalue weighted by Crippen LogP contribution is 2.35. The van der Waals surface area contributed by atoms with E-state index < -0.39 is 10.9 Å². The molecular weight excluding hydrogens is 285 g/mol. The Morgan fingerprint density at radius 1 is 1.16 bits per heavy atom. The predicted molar refractivity (Wildman–Crippen MR) is 80.2 cm³/mol. The van der Waals surface area contributed by atoms with Crippen molar-refractivity contribution < 1.29 is 4.79 Å². The van der Waals surface area contributed by atoms with Crippen molar-refractivity contribution in [2.45, 2.75) is 32.5 Å². The summed E-state index contributed by atoms with van der Waals surface area (Å²) < 4.78 is 0. The number of hydrogen-bond donors (Lipinski definition) is 2. The Labute approximate surface area is 123 Å². The van der Waals surface area contributed by atoms with Gasteiger partial charge >= 0.3 is 6.03 Å². The maximum atomic E-state index is 10.6. The highest BCUT2D eigenvalue weighted by molar-refractivity contribution is 6.44. The second-order valence-corrected chi connectivity index (χ2v) is 5.46. The summed E-state index contributed by atoms with van der Waals surface area (Å²) in [7, 11) is 0. The van der Waals surface area contributed by atoms with Crippen molar-refractivity contribution in [1.82, 2.24) is 5.43 Å². The topological polar surface area (TPSA) is 67.5 Å². The number of nitrogens with zero attached hydrogens (tertiary/aromatic N) is 1. The number of hydrazone groups is 1. The number of carbonyl (C=O) groups excluding carboxylic acids is 1. The van der Waals surface area contributed by atoms with E-state index in [1.807, 2.05) is 27.7 Å². The van der Waals surface area contributed by atoms with Gasteiger partial charge in [-0.05, 0) is 55.5 Å². The predicted octanol–water partition coefficient (Wildman–Crippen LogP) is 3.40. The number of amides is 2. The smallest absolute Gasteiger partial charge is 0.332 e. The van der Waals surface area contributed by atoms with Crippen LogP contribution in [0.15, 0.2) is 5.10 Å². The van der Waals surface area contributed by atoms with E-state index in [0.29, 0.717) is 0 Å². The van der Waals surface area contributed by atoms with Gasteiger partial charge in [0.1, 0.15) is 4.84 Å². The summed E-state index contributed by atoms with van der Waals surface area (Å²) in [6.07, 6.45) is 1.58. The first-order chi connectivity index (χ1) is 8.77. The normalized spacial score (nSPS) is 11.3. The number of nitrogens with one attached hydrogen (secondary N) is 1. The molecule has 19 heavy (non-hydrogen) atoms. The second-order valence-electron chi connectivity index (χ2n) is 4.36. The number of carbonyl (C=O) groups is 1. The summed E-state index contributed by atoms with van der Waals surface area (Å²) in [6, 6.07) is -0.696. The molecule has 0 aliphatic heterocycles. The molecule has 2 amide bonds. The Kier molecular flexibility index (Phi) is 5.20. The first-order valence-electron chi connectivity index (χ1n) is 5.74. The van der Waals surface area contributed by atoms with Gasteiger partial charge in [-0.2, -0.15) is 5.10 Å². The quantitative estimate of drug-likeness (QED) is 0.501. The maximum Gasteiger partial charge on any atom is 0.332 e. The standard InChI is InChI=1S/C13H17Cl2N3O/c1-6-8(3)11(12(14)15)9(4)7(2)10(6)5-17-18-13(16)19/h5,12H,1-4H3,(H3,16,18,19). The SMILES string of the molecule is Cc1c(C)c(C(Cl)Cl)c(C)c(C)c1C=NNC(N)=O. The zero-order chi connectivity index (χ0) is 14.7. The minimum atomic E-state index is -0.696. The van der Waals surface area contributed by atoms with Crippen LogP contribution in [-0.4, -0.2) is 12.2 Å². The van der Waals surface area contributed by atoms with E-state index in [9.17, 15) is 4.79 Å². The largest absolute Gasteiger partial charge is 0.350 e. The van der Waals surface area contributed by atoms with Crippen LogP contribution in [0.1, 0.15) is 38.2 Å². The van der Waals surface area contributed by atoms with Crippen molar-refractivity contribution in [3.8, 4) is 0 Å². The van der Waals surface area contributed by atoms with Crippen LogP contribution in [-0.2, 0) is 0 Å². The molecule has 4 nitrogen and oxygen atoms in total. The molecule has 0 fully saturated rings. The van der Waals surface area contributed by atoms with Gasteiger partial charge in [0.25, 0.3) is 0 Å². The van der Waals surface area contributed by atoms with E-state index in [0.717, 1.165) is 33.4 Å². The van der Waals surface area contributed by atoms with Crippen LogP contribution in [0, 0.1) is 27.7 Å². The van der Waals surface area contributed by atoms with Crippen LogP contribution < -0.4 is 11.2 Å². The van der Waals surface area contributed by atoms with Crippen molar-refractivity contribution >= 4 is 35.4 Å². The van der Waals surface area contributed by atoms with Gasteiger partial charge < -0.3 is 5.73 Å². The maximum absolute atomic E-state index is 10.6. The molecule has 0 aliphatic carbocycles. The number of benzene rings is 1. The molecule has 0 radical (unpaired) electrons. The van der Waals surface area contributed by atoms with E-state index in [1.54, 1.807) is 6.21 Å². The van der Waals surface area contributed by atoms with Gasteiger partial charge in [-0.15, -0.1) is 23.2 Å². The van der Waals surface area contributed by atoms with Gasteiger partial charge in [-0.3, -0.25) is 0 Å². The average Bonchev–Trinajstić information content (AvgIpc) is 2.30. The Bertz CT molecular complexity index is 510. The highest BCUT2D eigenvalue weighted by Gasteiger charge is 2.17. The Morgan fingerprint density at radius 3 is 2.00 bits per heavy atom. The molecule has 1 rings (SSSR count). The van der Waals surface area contributed by atoms with Gasteiger partial charge in [0.2, 0.25) is 0 Å². The Morgan fingerprint density at radius 2 is 1.63 bits per heavy atom. The molecule has 1 aromatic rings. The lowest BCUT2D eigenvalue weighted by Gasteiger charge is -2.19. The number of halogens is 2. The van der Waals surface area contributed by atoms with Crippen LogP contribution >= 0.6 is 23.2 Å². The number of rotatable bonds is 3. The molecule has 6 heteroatoms. The van der Waals surface area contributed by atoms with Crippen LogP contribution in [0.3, 0.4) is 0 Å². The molecular formula is C13H17Cl2N3O. The van der Waals surface area contributed by atoms with E-state index in [1.165, 1.54) is 0 Å². The van der Waals surface area contributed by atoms with Crippen LogP contribution in [0.4, 0.5) is 4.79 Å². The zero-order valence-electron chi connectivity index (χ0n) is 11.3. The number of primary amides is 1. The van der Waals surface area contributed by atoms with E-state index in [2.05, 4.69) is 10.5 Å². The van der Waals surface area contributed by atoms with Gasteiger partial charge in [-0.1, -0.05) is 0 Å². The summed E-state index contributed by atoms with van der Waals surface area (Å²) >= 11 is 12.0. The number of nitrogens with two attached hydrogens (primary N) is 1. The van der Waals surface area contributed by atoms with Crippen molar-refractivity contribution in [2.75, 3.05) is 0 Å². The Balaban J connectivity index is 3.36.